The Kier molecular flexibility index (Phi) is 4.27. The number of fused-ring (bicyclic) bond motifs is 1. The van der Waals surface area contributed by atoms with Gasteiger partial charge in [-0.2, -0.15) is 0 Å². The molecule has 2 nitrogen and oxygen atoms in total. The molecule has 0 fully saturated rings. The minimum Gasteiger partial charge on any atom is -0.469 e. The highest BCUT2D eigenvalue weighted by Gasteiger charge is 2.25. The van der Waals surface area contributed by atoms with Crippen LogP contribution in [0.3, 0.4) is 0 Å². The van der Waals surface area contributed by atoms with Crippen molar-refractivity contribution in [1.29, 1.82) is 0 Å². The molecule has 1 aromatic rings. The zero-order valence-corrected chi connectivity index (χ0v) is 11.3. The standard InChI is InChI=1S/C15H25NO/c1-4-12(5-2)11(3)16-14-7-6-8-15-13(14)9-10-17-15/h9-12,14,16H,4-8H2,1-3H3. The van der Waals surface area contributed by atoms with E-state index in [-0.39, 0.29) is 0 Å². The van der Waals surface area contributed by atoms with Gasteiger partial charge in [-0.25, -0.2) is 0 Å². The predicted octanol–water partition coefficient (Wildman–Crippen LogP) is 4.07. The highest BCUT2D eigenvalue weighted by molar-refractivity contribution is 5.24. The van der Waals surface area contributed by atoms with Gasteiger partial charge in [0.1, 0.15) is 5.76 Å². The summed E-state index contributed by atoms with van der Waals surface area (Å²) in [4.78, 5) is 0. The minimum absolute atomic E-state index is 0.507. The zero-order valence-electron chi connectivity index (χ0n) is 11.3. The molecular formula is C15H25NO. The lowest BCUT2D eigenvalue weighted by Gasteiger charge is -2.30. The van der Waals surface area contributed by atoms with Crippen LogP contribution in [0.2, 0.25) is 0 Å². The number of hydrogen-bond donors (Lipinski definition) is 1. The molecule has 0 saturated heterocycles. The van der Waals surface area contributed by atoms with Gasteiger partial charge in [0.25, 0.3) is 0 Å². The van der Waals surface area contributed by atoms with Crippen LogP contribution >= 0.6 is 0 Å². The van der Waals surface area contributed by atoms with Crippen molar-refractivity contribution < 1.29 is 4.42 Å². The highest BCUT2D eigenvalue weighted by atomic mass is 16.3. The zero-order chi connectivity index (χ0) is 12.3. The van der Waals surface area contributed by atoms with E-state index in [0.717, 1.165) is 12.3 Å². The van der Waals surface area contributed by atoms with Crippen LogP contribution < -0.4 is 5.32 Å². The minimum atomic E-state index is 0.507. The van der Waals surface area contributed by atoms with E-state index in [4.69, 9.17) is 4.42 Å². The van der Waals surface area contributed by atoms with Crippen LogP contribution in [-0.4, -0.2) is 6.04 Å². The Morgan fingerprint density at radius 2 is 2.18 bits per heavy atom. The average molecular weight is 235 g/mol. The molecular weight excluding hydrogens is 210 g/mol. The van der Waals surface area contributed by atoms with E-state index in [2.05, 4.69) is 32.2 Å². The van der Waals surface area contributed by atoms with Gasteiger partial charge in [0.15, 0.2) is 0 Å². The molecule has 0 amide bonds. The van der Waals surface area contributed by atoms with Crippen LogP contribution in [-0.2, 0) is 6.42 Å². The third-order valence-electron chi connectivity index (χ3n) is 4.27. The van der Waals surface area contributed by atoms with E-state index in [1.807, 2.05) is 6.26 Å². The van der Waals surface area contributed by atoms with Gasteiger partial charge >= 0.3 is 0 Å². The summed E-state index contributed by atoms with van der Waals surface area (Å²) in [6, 6.07) is 3.25. The van der Waals surface area contributed by atoms with Gasteiger partial charge in [0, 0.05) is 24.1 Å². The van der Waals surface area contributed by atoms with Crippen LogP contribution in [0.15, 0.2) is 16.7 Å². The molecule has 96 valence electrons. The van der Waals surface area contributed by atoms with Crippen molar-refractivity contribution in [3.63, 3.8) is 0 Å². The van der Waals surface area contributed by atoms with Crippen molar-refractivity contribution >= 4 is 0 Å². The number of furan rings is 1. The predicted molar refractivity (Wildman–Crippen MR) is 71.1 cm³/mol. The molecule has 1 aliphatic rings. The molecule has 0 aromatic carbocycles. The van der Waals surface area contributed by atoms with Gasteiger partial charge in [-0.3, -0.25) is 0 Å². The van der Waals surface area contributed by atoms with Crippen molar-refractivity contribution in [3.8, 4) is 0 Å². The van der Waals surface area contributed by atoms with Gasteiger partial charge in [-0.1, -0.05) is 26.7 Å². The van der Waals surface area contributed by atoms with Crippen molar-refractivity contribution in [1.82, 2.24) is 5.32 Å². The van der Waals surface area contributed by atoms with Crippen LogP contribution in [0, 0.1) is 5.92 Å². The monoisotopic (exact) mass is 235 g/mol. The lowest BCUT2D eigenvalue weighted by atomic mass is 9.90. The van der Waals surface area contributed by atoms with E-state index in [1.54, 1.807) is 0 Å². The summed E-state index contributed by atoms with van der Waals surface area (Å²) >= 11 is 0. The van der Waals surface area contributed by atoms with E-state index < -0.39 is 0 Å². The Bertz CT molecular complexity index is 340. The van der Waals surface area contributed by atoms with Gasteiger partial charge in [-0.15, -0.1) is 0 Å². The van der Waals surface area contributed by atoms with E-state index >= 15 is 0 Å². The molecule has 0 saturated carbocycles. The molecule has 1 heterocycles. The largest absolute Gasteiger partial charge is 0.469 e. The lowest BCUT2D eigenvalue weighted by molar-refractivity contribution is 0.301. The Morgan fingerprint density at radius 1 is 1.41 bits per heavy atom. The molecule has 2 unspecified atom stereocenters. The first-order valence-electron chi connectivity index (χ1n) is 7.08. The molecule has 2 atom stereocenters. The van der Waals surface area contributed by atoms with Crippen molar-refractivity contribution in [2.75, 3.05) is 0 Å². The fraction of sp³-hybridized carbons (Fsp3) is 0.733. The van der Waals surface area contributed by atoms with Crippen LogP contribution in [0.25, 0.3) is 0 Å². The SMILES string of the molecule is CCC(CC)C(C)NC1CCCc2occc21. The first-order chi connectivity index (χ1) is 8.26. The molecule has 1 aliphatic carbocycles. The van der Waals surface area contributed by atoms with Crippen LogP contribution in [0.5, 0.6) is 0 Å². The Hall–Kier alpha value is -0.760. The maximum Gasteiger partial charge on any atom is 0.108 e. The topological polar surface area (TPSA) is 25.2 Å². The molecule has 17 heavy (non-hydrogen) atoms. The lowest BCUT2D eigenvalue weighted by Crippen LogP contribution is -2.37. The quantitative estimate of drug-likeness (QED) is 0.832. The molecule has 1 N–H and O–H groups in total. The summed E-state index contributed by atoms with van der Waals surface area (Å²) in [6.45, 7) is 6.90. The first kappa shape index (κ1) is 12.7. The summed E-state index contributed by atoms with van der Waals surface area (Å²) < 4.78 is 5.54. The molecule has 0 aliphatic heterocycles. The van der Waals surface area contributed by atoms with Crippen molar-refractivity contribution in [3.05, 3.63) is 23.7 Å². The Labute approximate surface area is 105 Å². The average Bonchev–Trinajstić information content (AvgIpc) is 2.80. The Morgan fingerprint density at radius 3 is 2.88 bits per heavy atom. The third kappa shape index (κ3) is 2.74. The fourth-order valence-corrected chi connectivity index (χ4v) is 3.11. The number of aryl methyl sites for hydroxylation is 1. The summed E-state index contributed by atoms with van der Waals surface area (Å²) in [5.74, 6) is 1.98. The summed E-state index contributed by atoms with van der Waals surface area (Å²) in [7, 11) is 0. The summed E-state index contributed by atoms with van der Waals surface area (Å²) in [5.41, 5.74) is 1.40. The van der Waals surface area contributed by atoms with Crippen LogP contribution in [0.4, 0.5) is 0 Å². The molecule has 0 spiro atoms. The molecule has 2 rings (SSSR count). The molecule has 2 heteroatoms. The third-order valence-corrected chi connectivity index (χ3v) is 4.27. The van der Waals surface area contributed by atoms with Crippen LogP contribution in [0.1, 0.15) is 63.8 Å². The molecule has 0 radical (unpaired) electrons. The number of nitrogens with one attached hydrogen (secondary N) is 1. The van der Waals surface area contributed by atoms with E-state index in [1.165, 1.54) is 37.0 Å². The highest BCUT2D eigenvalue weighted by Crippen LogP contribution is 2.31. The van der Waals surface area contributed by atoms with Gasteiger partial charge < -0.3 is 9.73 Å². The number of rotatable bonds is 5. The molecule has 0 bridgehead atoms. The molecule has 1 aromatic heterocycles. The second kappa shape index (κ2) is 5.72. The van der Waals surface area contributed by atoms with Gasteiger partial charge in [-0.05, 0) is 31.7 Å². The maximum absolute atomic E-state index is 5.54. The van der Waals surface area contributed by atoms with E-state index in [0.29, 0.717) is 12.1 Å². The smallest absolute Gasteiger partial charge is 0.108 e. The fourth-order valence-electron chi connectivity index (χ4n) is 3.11. The first-order valence-corrected chi connectivity index (χ1v) is 7.08. The summed E-state index contributed by atoms with van der Waals surface area (Å²) in [5, 5.41) is 3.80. The van der Waals surface area contributed by atoms with Crippen molar-refractivity contribution in [2.45, 2.75) is 65.0 Å². The summed E-state index contributed by atoms with van der Waals surface area (Å²) in [6.07, 6.45) is 7.96. The van der Waals surface area contributed by atoms with Crippen molar-refractivity contribution in [2.24, 2.45) is 5.92 Å². The second-order valence-electron chi connectivity index (χ2n) is 5.28. The number of hydrogen-bond acceptors (Lipinski definition) is 2. The van der Waals surface area contributed by atoms with Gasteiger partial charge in [0.2, 0.25) is 0 Å². The van der Waals surface area contributed by atoms with E-state index in [9.17, 15) is 0 Å². The maximum atomic E-state index is 5.54. The second-order valence-corrected chi connectivity index (χ2v) is 5.28. The van der Waals surface area contributed by atoms with Gasteiger partial charge in [0.05, 0.1) is 6.26 Å². The Balaban J connectivity index is 2.01. The normalized spacial score (nSPS) is 21.5.